The zero-order valence-corrected chi connectivity index (χ0v) is 17.1. The Bertz CT molecular complexity index is 964. The smallest absolute Gasteiger partial charge is 0.368 e. The zero-order chi connectivity index (χ0) is 21.2. The van der Waals surface area contributed by atoms with Crippen LogP contribution in [0, 0.1) is 0 Å². The van der Waals surface area contributed by atoms with Crippen LogP contribution in [0.5, 0.6) is 0 Å². The van der Waals surface area contributed by atoms with Gasteiger partial charge in [0.05, 0.1) is 5.69 Å². The van der Waals surface area contributed by atoms with Crippen molar-refractivity contribution in [3.63, 3.8) is 0 Å². The van der Waals surface area contributed by atoms with E-state index in [0.29, 0.717) is 11.6 Å². The summed E-state index contributed by atoms with van der Waals surface area (Å²) in [7, 11) is 0. The molecular formula is C21H23F3N4S. The van der Waals surface area contributed by atoms with Gasteiger partial charge in [0.15, 0.2) is 0 Å². The minimum Gasteiger partial charge on any atom is -0.368 e. The predicted molar refractivity (Wildman–Crippen MR) is 111 cm³/mol. The van der Waals surface area contributed by atoms with Gasteiger partial charge in [-0.3, -0.25) is 0 Å². The Morgan fingerprint density at radius 2 is 1.76 bits per heavy atom. The molecule has 1 saturated carbocycles. The van der Waals surface area contributed by atoms with Crippen LogP contribution in [0.4, 0.5) is 19.1 Å². The molecule has 0 aliphatic heterocycles. The summed E-state index contributed by atoms with van der Waals surface area (Å²) in [4.78, 5) is 4.35. The molecule has 1 aliphatic carbocycles. The highest BCUT2D eigenvalue weighted by Gasteiger charge is 2.37. The van der Waals surface area contributed by atoms with Crippen molar-refractivity contribution in [2.75, 3.05) is 5.73 Å². The average Bonchev–Trinajstić information content (AvgIpc) is 3.43. The Hall–Kier alpha value is -2.48. The van der Waals surface area contributed by atoms with Gasteiger partial charge in [-0.15, -0.1) is 17.7 Å². The number of nitrogen functional groups attached to an aromatic ring is 1. The molecule has 0 atom stereocenters. The summed E-state index contributed by atoms with van der Waals surface area (Å²) in [6.07, 6.45) is -2.27. The van der Waals surface area contributed by atoms with Crippen molar-refractivity contribution in [3.8, 4) is 5.69 Å². The van der Waals surface area contributed by atoms with Crippen LogP contribution in [0.15, 0.2) is 53.4 Å². The monoisotopic (exact) mass is 420 g/mol. The van der Waals surface area contributed by atoms with Crippen molar-refractivity contribution in [1.29, 1.82) is 0 Å². The molecule has 0 amide bonds. The third kappa shape index (κ3) is 5.32. The minimum atomic E-state index is -4.61. The van der Waals surface area contributed by atoms with E-state index in [-0.39, 0.29) is 11.9 Å². The van der Waals surface area contributed by atoms with E-state index in [0.717, 1.165) is 15.1 Å². The number of benzene rings is 2. The first-order chi connectivity index (χ1) is 13.7. The number of halogens is 3. The quantitative estimate of drug-likeness (QED) is 0.523. The van der Waals surface area contributed by atoms with Crippen LogP contribution in [0.1, 0.15) is 55.5 Å². The second-order valence-electron chi connectivity index (χ2n) is 7.29. The lowest BCUT2D eigenvalue weighted by atomic mass is 9.97. The van der Waals surface area contributed by atoms with E-state index >= 15 is 0 Å². The largest absolute Gasteiger partial charge is 0.453 e. The summed E-state index contributed by atoms with van der Waals surface area (Å²) in [5.74, 6) is -0.753. The van der Waals surface area contributed by atoms with E-state index in [2.05, 4.69) is 22.7 Å². The first kappa shape index (κ1) is 21.2. The molecule has 1 aromatic heterocycles. The number of nitrogens with two attached hydrogens (primary N) is 1. The normalized spacial score (nSPS) is 13.9. The highest BCUT2D eigenvalue weighted by atomic mass is 32.1. The molecule has 8 heteroatoms. The van der Waals surface area contributed by atoms with Crippen LogP contribution in [-0.4, -0.2) is 14.8 Å². The highest BCUT2D eigenvalue weighted by molar-refractivity contribution is 7.80. The van der Waals surface area contributed by atoms with Crippen molar-refractivity contribution in [1.82, 2.24) is 14.8 Å². The van der Waals surface area contributed by atoms with Crippen LogP contribution in [0.2, 0.25) is 0 Å². The second kappa shape index (κ2) is 8.49. The number of rotatable bonds is 3. The molecule has 1 aliphatic rings. The van der Waals surface area contributed by atoms with Crippen LogP contribution in [0.3, 0.4) is 0 Å². The van der Waals surface area contributed by atoms with E-state index in [9.17, 15) is 13.2 Å². The van der Waals surface area contributed by atoms with Crippen molar-refractivity contribution < 1.29 is 13.2 Å². The van der Waals surface area contributed by atoms with Gasteiger partial charge < -0.3 is 5.73 Å². The fraction of sp³-hybridized carbons (Fsp3) is 0.333. The lowest BCUT2D eigenvalue weighted by Crippen LogP contribution is -2.10. The van der Waals surface area contributed by atoms with Gasteiger partial charge in [-0.25, -0.2) is 0 Å². The molecule has 4 nitrogen and oxygen atoms in total. The van der Waals surface area contributed by atoms with Gasteiger partial charge in [0.2, 0.25) is 5.95 Å². The van der Waals surface area contributed by atoms with Crippen molar-refractivity contribution >= 4 is 18.6 Å². The molecule has 0 spiro atoms. The lowest BCUT2D eigenvalue weighted by molar-refractivity contribution is -0.144. The molecule has 0 radical (unpaired) electrons. The molecule has 3 aromatic rings. The molecule has 4 rings (SSSR count). The Balaban J connectivity index is 0.000000290. The molecule has 2 aromatic carbocycles. The molecule has 29 heavy (non-hydrogen) atoms. The lowest BCUT2D eigenvalue weighted by Gasteiger charge is -2.15. The number of anilines is 1. The fourth-order valence-corrected chi connectivity index (χ4v) is 3.12. The average molecular weight is 421 g/mol. The molecule has 2 N–H and O–H groups in total. The highest BCUT2D eigenvalue weighted by Crippen LogP contribution is 2.42. The molecule has 0 saturated heterocycles. The van der Waals surface area contributed by atoms with E-state index < -0.39 is 12.0 Å². The van der Waals surface area contributed by atoms with E-state index in [4.69, 9.17) is 5.73 Å². The minimum absolute atomic E-state index is 0.145. The maximum Gasteiger partial charge on any atom is 0.453 e. The Kier molecular flexibility index (Phi) is 6.21. The third-order valence-corrected chi connectivity index (χ3v) is 4.89. The summed E-state index contributed by atoms with van der Waals surface area (Å²) in [6, 6.07) is 15.6. The fourth-order valence-electron chi connectivity index (χ4n) is 2.95. The number of hydrogen-bond acceptors (Lipinski definition) is 4. The van der Waals surface area contributed by atoms with Crippen molar-refractivity contribution in [2.45, 2.75) is 49.6 Å². The number of nitrogens with zero attached hydrogens (tertiary/aromatic N) is 3. The maximum atomic E-state index is 12.7. The first-order valence-electron chi connectivity index (χ1n) is 9.34. The maximum absolute atomic E-state index is 12.7. The number of hydrogen-bond donors (Lipinski definition) is 2. The summed E-state index contributed by atoms with van der Waals surface area (Å²) in [5, 5.41) is 3.54. The van der Waals surface area contributed by atoms with Gasteiger partial charge in [0, 0.05) is 4.90 Å². The number of aromatic nitrogens is 3. The number of thiol groups is 1. The van der Waals surface area contributed by atoms with Crippen LogP contribution >= 0.6 is 12.6 Å². The van der Waals surface area contributed by atoms with Gasteiger partial charge in [0.25, 0.3) is 5.82 Å². The van der Waals surface area contributed by atoms with E-state index in [1.54, 1.807) is 6.07 Å². The third-order valence-electron chi connectivity index (χ3n) is 4.59. The molecule has 1 fully saturated rings. The Labute approximate surface area is 173 Å². The van der Waals surface area contributed by atoms with Gasteiger partial charge in [-0.1, -0.05) is 44.2 Å². The van der Waals surface area contributed by atoms with E-state index in [1.165, 1.54) is 18.4 Å². The summed E-state index contributed by atoms with van der Waals surface area (Å²) in [6.45, 7) is 3.99. The van der Waals surface area contributed by atoms with Gasteiger partial charge in [-0.05, 0) is 54.0 Å². The van der Waals surface area contributed by atoms with E-state index in [1.807, 2.05) is 56.3 Å². The molecule has 0 unspecified atom stereocenters. The first-order valence-corrected chi connectivity index (χ1v) is 9.79. The van der Waals surface area contributed by atoms with Gasteiger partial charge in [0.1, 0.15) is 0 Å². The SMILES string of the molecule is CC(C)c1cc(C2CC2)ccc1-n1nc(C(F)(F)F)nc1N.Sc1ccccc1. The van der Waals surface area contributed by atoms with Gasteiger partial charge in [-0.2, -0.15) is 22.8 Å². The standard InChI is InChI=1S/C15H17F3N4.C6H6S/c1-8(2)11-7-10(9-3-4-9)5-6-12(11)22-14(19)20-13(21-22)15(16,17)18;7-6-4-2-1-3-5-6/h5-9H,3-4H2,1-2H3,(H2,19,20,21);1-5,7H. The van der Waals surface area contributed by atoms with Crippen molar-refractivity contribution in [3.05, 3.63) is 65.5 Å². The molecule has 154 valence electrons. The topological polar surface area (TPSA) is 56.7 Å². The Morgan fingerprint density at radius 1 is 1.10 bits per heavy atom. The molecule has 1 heterocycles. The molecule has 0 bridgehead atoms. The molecular weight excluding hydrogens is 397 g/mol. The summed E-state index contributed by atoms with van der Waals surface area (Å²) < 4.78 is 39.3. The predicted octanol–water partition coefficient (Wildman–Crippen LogP) is 5.84. The summed E-state index contributed by atoms with van der Waals surface area (Å²) in [5.41, 5.74) is 8.34. The van der Waals surface area contributed by atoms with Crippen LogP contribution < -0.4 is 5.73 Å². The number of alkyl halides is 3. The van der Waals surface area contributed by atoms with Gasteiger partial charge >= 0.3 is 6.18 Å². The zero-order valence-electron chi connectivity index (χ0n) is 16.2. The Morgan fingerprint density at radius 3 is 2.21 bits per heavy atom. The second-order valence-corrected chi connectivity index (χ2v) is 7.80. The summed E-state index contributed by atoms with van der Waals surface area (Å²) >= 11 is 4.08. The van der Waals surface area contributed by atoms with Crippen LogP contribution in [0.25, 0.3) is 5.69 Å². The van der Waals surface area contributed by atoms with Crippen LogP contribution in [-0.2, 0) is 6.18 Å². The van der Waals surface area contributed by atoms with Crippen molar-refractivity contribution in [2.24, 2.45) is 0 Å².